The minimum Gasteiger partial charge on any atom is -0.332 e. The van der Waals surface area contributed by atoms with E-state index < -0.39 is 5.25 Å². The fourth-order valence-corrected chi connectivity index (χ4v) is 7.29. The highest BCUT2D eigenvalue weighted by molar-refractivity contribution is 8.00. The standard InChI is InChI=1S/C25H31N5O2S/c1-3-9-30-21(20-7-5-4-6-8-20)28-29-24(30)33-16(2)22(31)26-23(32)27-25-13-17-10-18(14-25)12-19(11-17)15-25/h3-8,16-19H,1,9-15H2,2H3,(H2,26,27,31,32). The summed E-state index contributed by atoms with van der Waals surface area (Å²) in [5.74, 6) is 2.60. The molecule has 2 N–H and O–H groups in total. The molecule has 1 aromatic carbocycles. The molecule has 33 heavy (non-hydrogen) atoms. The summed E-state index contributed by atoms with van der Waals surface area (Å²) in [7, 11) is 0. The second-order valence-corrected chi connectivity index (χ2v) is 11.3. The van der Waals surface area contributed by atoms with Gasteiger partial charge >= 0.3 is 6.03 Å². The Balaban J connectivity index is 1.22. The van der Waals surface area contributed by atoms with E-state index >= 15 is 0 Å². The van der Waals surface area contributed by atoms with Crippen molar-refractivity contribution < 1.29 is 9.59 Å². The molecule has 3 amide bonds. The Morgan fingerprint density at radius 1 is 1.15 bits per heavy atom. The molecule has 4 aliphatic rings. The van der Waals surface area contributed by atoms with Gasteiger partial charge in [-0.05, 0) is 63.2 Å². The largest absolute Gasteiger partial charge is 0.332 e. The third-order valence-corrected chi connectivity index (χ3v) is 8.45. The van der Waals surface area contributed by atoms with E-state index in [2.05, 4.69) is 27.4 Å². The molecular weight excluding hydrogens is 434 g/mol. The first-order chi connectivity index (χ1) is 15.9. The summed E-state index contributed by atoms with van der Waals surface area (Å²) >= 11 is 1.30. The number of carbonyl (C=O) groups excluding carboxylic acids is 2. The minimum absolute atomic E-state index is 0.121. The van der Waals surface area contributed by atoms with Crippen LogP contribution in [-0.2, 0) is 11.3 Å². The van der Waals surface area contributed by atoms with Crippen LogP contribution < -0.4 is 10.6 Å². The zero-order valence-corrected chi connectivity index (χ0v) is 19.8. The van der Waals surface area contributed by atoms with E-state index in [1.165, 1.54) is 31.0 Å². The predicted octanol–water partition coefficient (Wildman–Crippen LogP) is 4.41. The predicted molar refractivity (Wildman–Crippen MR) is 129 cm³/mol. The summed E-state index contributed by atoms with van der Waals surface area (Å²) in [6.45, 7) is 6.15. The second-order valence-electron chi connectivity index (χ2n) is 9.97. The first-order valence-corrected chi connectivity index (χ1v) is 12.7. The van der Waals surface area contributed by atoms with Gasteiger partial charge in [0.15, 0.2) is 11.0 Å². The normalized spacial score (nSPS) is 28.3. The van der Waals surface area contributed by atoms with Crippen LogP contribution in [0.1, 0.15) is 45.4 Å². The van der Waals surface area contributed by atoms with Gasteiger partial charge in [-0.2, -0.15) is 0 Å². The van der Waals surface area contributed by atoms with Crippen molar-refractivity contribution in [1.29, 1.82) is 0 Å². The summed E-state index contributed by atoms with van der Waals surface area (Å²) < 4.78 is 1.94. The van der Waals surface area contributed by atoms with Crippen molar-refractivity contribution in [2.75, 3.05) is 0 Å². The molecule has 1 aromatic heterocycles. The Labute approximate surface area is 198 Å². The number of allylic oxidation sites excluding steroid dienone is 1. The van der Waals surface area contributed by atoms with Crippen molar-refractivity contribution >= 4 is 23.7 Å². The van der Waals surface area contributed by atoms with Crippen LogP contribution in [0.3, 0.4) is 0 Å². The average Bonchev–Trinajstić information content (AvgIpc) is 3.15. The molecular formula is C25H31N5O2S. The highest BCUT2D eigenvalue weighted by Gasteiger charge is 2.51. The number of nitrogens with zero attached hydrogens (tertiary/aromatic N) is 3. The van der Waals surface area contributed by atoms with Gasteiger partial charge in [0.05, 0.1) is 5.25 Å². The molecule has 1 unspecified atom stereocenters. The van der Waals surface area contributed by atoms with E-state index in [9.17, 15) is 9.59 Å². The lowest BCUT2D eigenvalue weighted by Crippen LogP contribution is -2.62. The molecule has 8 heteroatoms. The lowest BCUT2D eigenvalue weighted by molar-refractivity contribution is -0.119. The maximum absolute atomic E-state index is 12.8. The number of aromatic nitrogens is 3. The van der Waals surface area contributed by atoms with Crippen molar-refractivity contribution in [1.82, 2.24) is 25.4 Å². The van der Waals surface area contributed by atoms with Crippen LogP contribution >= 0.6 is 11.8 Å². The second kappa shape index (κ2) is 8.97. The Hall–Kier alpha value is -2.61. The number of rotatable bonds is 7. The van der Waals surface area contributed by atoms with Gasteiger partial charge in [0.2, 0.25) is 5.91 Å². The molecule has 0 aliphatic heterocycles. The molecule has 1 atom stereocenters. The number of carbonyl (C=O) groups is 2. The fourth-order valence-electron chi connectivity index (χ4n) is 6.43. The fraction of sp³-hybridized carbons (Fsp3) is 0.520. The summed E-state index contributed by atoms with van der Waals surface area (Å²) in [4.78, 5) is 25.6. The Kier molecular flexibility index (Phi) is 6.03. The number of benzene rings is 1. The van der Waals surface area contributed by atoms with Crippen LogP contribution in [0.2, 0.25) is 0 Å². The Morgan fingerprint density at radius 3 is 2.39 bits per heavy atom. The summed E-state index contributed by atoms with van der Waals surface area (Å²) in [5.41, 5.74) is 0.829. The summed E-state index contributed by atoms with van der Waals surface area (Å²) in [6, 6.07) is 9.44. The lowest BCUT2D eigenvalue weighted by Gasteiger charge is -2.56. The van der Waals surface area contributed by atoms with Crippen LogP contribution in [-0.4, -0.2) is 37.5 Å². The number of thioether (sulfide) groups is 1. The van der Waals surface area contributed by atoms with Gasteiger partial charge < -0.3 is 5.32 Å². The number of amides is 3. The van der Waals surface area contributed by atoms with Gasteiger partial charge in [-0.25, -0.2) is 4.79 Å². The topological polar surface area (TPSA) is 88.9 Å². The highest BCUT2D eigenvalue weighted by Crippen LogP contribution is 2.55. The molecule has 4 bridgehead atoms. The monoisotopic (exact) mass is 465 g/mol. The third-order valence-electron chi connectivity index (χ3n) is 7.37. The van der Waals surface area contributed by atoms with Crippen molar-refractivity contribution in [3.63, 3.8) is 0 Å². The van der Waals surface area contributed by atoms with Gasteiger partial charge in [-0.1, -0.05) is 48.2 Å². The Morgan fingerprint density at radius 2 is 1.79 bits per heavy atom. The van der Waals surface area contributed by atoms with Gasteiger partial charge in [0.25, 0.3) is 0 Å². The summed E-state index contributed by atoms with van der Waals surface area (Å²) in [5, 5.41) is 14.5. The smallest absolute Gasteiger partial charge is 0.321 e. The van der Waals surface area contributed by atoms with Gasteiger partial charge in [-0.15, -0.1) is 16.8 Å². The third kappa shape index (κ3) is 4.58. The number of hydrogen-bond donors (Lipinski definition) is 2. The quantitative estimate of drug-likeness (QED) is 0.467. The molecule has 0 spiro atoms. The van der Waals surface area contributed by atoms with Gasteiger partial charge in [-0.3, -0.25) is 14.7 Å². The molecule has 174 valence electrons. The zero-order valence-electron chi connectivity index (χ0n) is 19.0. The molecule has 0 saturated heterocycles. The van der Waals surface area contributed by atoms with Crippen molar-refractivity contribution in [3.05, 3.63) is 43.0 Å². The van der Waals surface area contributed by atoms with Crippen LogP contribution in [0, 0.1) is 17.8 Å². The van der Waals surface area contributed by atoms with Crippen LogP contribution in [0.15, 0.2) is 48.1 Å². The molecule has 0 radical (unpaired) electrons. The SMILES string of the molecule is C=CCn1c(SC(C)C(=O)NC(=O)NC23CC4CC(CC(C4)C2)C3)nnc1-c1ccccc1. The lowest BCUT2D eigenvalue weighted by atomic mass is 9.53. The number of hydrogen-bond acceptors (Lipinski definition) is 5. The van der Waals surface area contributed by atoms with E-state index in [4.69, 9.17) is 0 Å². The van der Waals surface area contributed by atoms with Crippen molar-refractivity contribution in [2.45, 2.75) is 67.9 Å². The first kappa shape index (κ1) is 22.2. The van der Waals surface area contributed by atoms with Gasteiger partial charge in [0, 0.05) is 17.6 Å². The highest BCUT2D eigenvalue weighted by atomic mass is 32.2. The molecule has 4 saturated carbocycles. The van der Waals surface area contributed by atoms with Crippen molar-refractivity contribution in [3.8, 4) is 11.4 Å². The van der Waals surface area contributed by atoms with E-state index in [0.717, 1.165) is 48.4 Å². The van der Waals surface area contributed by atoms with Crippen molar-refractivity contribution in [2.24, 2.45) is 17.8 Å². The molecule has 6 rings (SSSR count). The van der Waals surface area contributed by atoms with Crippen LogP contribution in [0.25, 0.3) is 11.4 Å². The molecule has 2 aromatic rings. The zero-order chi connectivity index (χ0) is 23.0. The number of imide groups is 1. The van der Waals surface area contributed by atoms with E-state index in [-0.39, 0.29) is 17.5 Å². The maximum Gasteiger partial charge on any atom is 0.321 e. The van der Waals surface area contributed by atoms with Crippen LogP contribution in [0.4, 0.5) is 4.79 Å². The number of nitrogens with one attached hydrogen (secondary N) is 2. The number of urea groups is 1. The molecule has 7 nitrogen and oxygen atoms in total. The maximum atomic E-state index is 12.8. The van der Waals surface area contributed by atoms with E-state index in [1.807, 2.05) is 34.9 Å². The molecule has 4 aliphatic carbocycles. The molecule has 4 fully saturated rings. The average molecular weight is 466 g/mol. The van der Waals surface area contributed by atoms with E-state index in [0.29, 0.717) is 11.7 Å². The summed E-state index contributed by atoms with van der Waals surface area (Å²) in [6.07, 6.45) is 8.87. The first-order valence-electron chi connectivity index (χ1n) is 11.8. The minimum atomic E-state index is -0.497. The molecule has 1 heterocycles. The van der Waals surface area contributed by atoms with Gasteiger partial charge in [0.1, 0.15) is 0 Å². The Bertz CT molecular complexity index is 1020. The van der Waals surface area contributed by atoms with E-state index in [1.54, 1.807) is 13.0 Å². The van der Waals surface area contributed by atoms with Crippen LogP contribution in [0.5, 0.6) is 0 Å².